The lowest BCUT2D eigenvalue weighted by molar-refractivity contribution is 0.201. The molecule has 23 heavy (non-hydrogen) atoms. The van der Waals surface area contributed by atoms with Crippen molar-refractivity contribution < 1.29 is 4.74 Å². The van der Waals surface area contributed by atoms with Gasteiger partial charge in [0.15, 0.2) is 5.96 Å². The smallest absolute Gasteiger partial charge is 0.213 e. The number of nitrogens with one attached hydrogen (secondary N) is 2. The van der Waals surface area contributed by atoms with Crippen LogP contribution in [-0.4, -0.2) is 30.1 Å². The molecule has 1 aromatic rings. The Morgan fingerprint density at radius 1 is 1.39 bits per heavy atom. The predicted molar refractivity (Wildman–Crippen MR) is 106 cm³/mol. The highest BCUT2D eigenvalue weighted by Gasteiger charge is 2.16. The van der Waals surface area contributed by atoms with E-state index in [9.17, 15) is 0 Å². The molecule has 1 aromatic heterocycles. The summed E-state index contributed by atoms with van der Waals surface area (Å²) in [6.07, 6.45) is 8.15. The Balaban J connectivity index is 0.00000264. The van der Waals surface area contributed by atoms with Crippen LogP contribution in [0.4, 0.5) is 0 Å². The van der Waals surface area contributed by atoms with Gasteiger partial charge in [0.2, 0.25) is 5.88 Å². The predicted octanol–water partition coefficient (Wildman–Crippen LogP) is 3.48. The largest absolute Gasteiger partial charge is 0.474 e. The summed E-state index contributed by atoms with van der Waals surface area (Å²) in [6, 6.07) is 4.42. The van der Waals surface area contributed by atoms with Crippen molar-refractivity contribution in [3.8, 4) is 5.88 Å². The van der Waals surface area contributed by atoms with E-state index in [1.165, 1.54) is 12.8 Å². The van der Waals surface area contributed by atoms with Crippen LogP contribution in [0.25, 0.3) is 0 Å². The van der Waals surface area contributed by atoms with E-state index < -0.39 is 0 Å². The van der Waals surface area contributed by atoms with E-state index in [2.05, 4.69) is 40.5 Å². The molecule has 1 aliphatic rings. The molecule has 1 saturated carbocycles. The number of hydrogen-bond acceptors (Lipinski definition) is 3. The Morgan fingerprint density at radius 2 is 2.13 bits per heavy atom. The van der Waals surface area contributed by atoms with Crippen LogP contribution >= 0.6 is 24.0 Å². The topological polar surface area (TPSA) is 58.5 Å². The SMILES string of the molecule is CCC(C)NC(=NC)NCc1ccc(OC2CCCC2)nc1.I. The first-order valence-electron chi connectivity index (χ1n) is 8.30. The van der Waals surface area contributed by atoms with E-state index in [4.69, 9.17) is 4.74 Å². The van der Waals surface area contributed by atoms with Crippen molar-refractivity contribution in [2.45, 2.75) is 64.6 Å². The summed E-state index contributed by atoms with van der Waals surface area (Å²) in [6.45, 7) is 4.99. The molecule has 6 heteroatoms. The minimum Gasteiger partial charge on any atom is -0.474 e. The Morgan fingerprint density at radius 3 is 2.70 bits per heavy atom. The lowest BCUT2D eigenvalue weighted by Crippen LogP contribution is -2.41. The van der Waals surface area contributed by atoms with Crippen molar-refractivity contribution in [2.24, 2.45) is 4.99 Å². The zero-order valence-electron chi connectivity index (χ0n) is 14.3. The van der Waals surface area contributed by atoms with Gasteiger partial charge in [-0.1, -0.05) is 13.0 Å². The van der Waals surface area contributed by atoms with E-state index in [0.717, 1.165) is 36.7 Å². The van der Waals surface area contributed by atoms with E-state index in [1.807, 2.05) is 12.3 Å². The van der Waals surface area contributed by atoms with Gasteiger partial charge < -0.3 is 15.4 Å². The van der Waals surface area contributed by atoms with Gasteiger partial charge in [0.25, 0.3) is 0 Å². The second-order valence-electron chi connectivity index (χ2n) is 5.91. The normalized spacial score (nSPS) is 16.6. The Bertz CT molecular complexity index is 472. The molecule has 1 fully saturated rings. The van der Waals surface area contributed by atoms with Gasteiger partial charge in [-0.3, -0.25) is 4.99 Å². The molecule has 1 heterocycles. The van der Waals surface area contributed by atoms with Crippen LogP contribution in [0.15, 0.2) is 23.3 Å². The number of rotatable bonds is 6. The fourth-order valence-electron chi connectivity index (χ4n) is 2.48. The third-order valence-corrected chi connectivity index (χ3v) is 4.07. The maximum Gasteiger partial charge on any atom is 0.213 e. The summed E-state index contributed by atoms with van der Waals surface area (Å²) in [5, 5.41) is 6.64. The molecule has 5 nitrogen and oxygen atoms in total. The third-order valence-electron chi connectivity index (χ3n) is 4.07. The molecule has 0 radical (unpaired) electrons. The molecule has 0 bridgehead atoms. The Hall–Kier alpha value is -1.05. The fraction of sp³-hybridized carbons (Fsp3) is 0.647. The van der Waals surface area contributed by atoms with Crippen LogP contribution in [0.5, 0.6) is 5.88 Å². The molecule has 130 valence electrons. The fourth-order valence-corrected chi connectivity index (χ4v) is 2.48. The number of aromatic nitrogens is 1. The van der Waals surface area contributed by atoms with Gasteiger partial charge in [-0.25, -0.2) is 4.98 Å². The molecule has 0 amide bonds. The monoisotopic (exact) mass is 432 g/mol. The minimum absolute atomic E-state index is 0. The van der Waals surface area contributed by atoms with E-state index in [-0.39, 0.29) is 24.0 Å². The quantitative estimate of drug-likeness (QED) is 0.411. The average molecular weight is 432 g/mol. The van der Waals surface area contributed by atoms with Crippen molar-refractivity contribution in [3.63, 3.8) is 0 Å². The van der Waals surface area contributed by atoms with Crippen molar-refractivity contribution in [3.05, 3.63) is 23.9 Å². The summed E-state index contributed by atoms with van der Waals surface area (Å²) in [7, 11) is 1.79. The number of nitrogens with zero attached hydrogens (tertiary/aromatic N) is 2. The van der Waals surface area contributed by atoms with Crippen molar-refractivity contribution in [1.29, 1.82) is 0 Å². The van der Waals surface area contributed by atoms with Gasteiger partial charge in [0, 0.05) is 31.9 Å². The van der Waals surface area contributed by atoms with Gasteiger partial charge >= 0.3 is 0 Å². The van der Waals surface area contributed by atoms with Crippen molar-refractivity contribution in [2.75, 3.05) is 7.05 Å². The summed E-state index contributed by atoms with van der Waals surface area (Å²) >= 11 is 0. The van der Waals surface area contributed by atoms with Gasteiger partial charge in [0.05, 0.1) is 0 Å². The zero-order chi connectivity index (χ0) is 15.8. The lowest BCUT2D eigenvalue weighted by atomic mass is 10.2. The average Bonchev–Trinajstić information content (AvgIpc) is 3.05. The number of aliphatic imine (C=N–C) groups is 1. The highest BCUT2D eigenvalue weighted by atomic mass is 127. The number of pyridine rings is 1. The molecule has 1 atom stereocenters. The van der Waals surface area contributed by atoms with Gasteiger partial charge in [-0.2, -0.15) is 0 Å². The molecule has 0 aromatic carbocycles. The Labute approximate surface area is 156 Å². The van der Waals surface area contributed by atoms with Crippen LogP contribution in [-0.2, 0) is 6.54 Å². The molecular weight excluding hydrogens is 403 g/mol. The maximum absolute atomic E-state index is 5.88. The number of ether oxygens (including phenoxy) is 1. The molecule has 2 rings (SSSR count). The highest BCUT2D eigenvalue weighted by Crippen LogP contribution is 2.22. The van der Waals surface area contributed by atoms with Crippen LogP contribution in [0.1, 0.15) is 51.5 Å². The van der Waals surface area contributed by atoms with Crippen LogP contribution in [0.2, 0.25) is 0 Å². The minimum atomic E-state index is 0. The molecule has 1 unspecified atom stereocenters. The molecule has 2 N–H and O–H groups in total. The highest BCUT2D eigenvalue weighted by molar-refractivity contribution is 14.0. The lowest BCUT2D eigenvalue weighted by Gasteiger charge is -2.16. The molecule has 0 saturated heterocycles. The van der Waals surface area contributed by atoms with Gasteiger partial charge in [-0.05, 0) is 44.6 Å². The summed E-state index contributed by atoms with van der Waals surface area (Å²) < 4.78 is 5.88. The molecule has 1 aliphatic carbocycles. The molecule has 0 spiro atoms. The Kier molecular flexibility index (Phi) is 9.28. The zero-order valence-corrected chi connectivity index (χ0v) is 16.7. The molecule has 0 aliphatic heterocycles. The first-order chi connectivity index (χ1) is 10.7. The van der Waals surface area contributed by atoms with Crippen LogP contribution in [0.3, 0.4) is 0 Å². The van der Waals surface area contributed by atoms with E-state index >= 15 is 0 Å². The van der Waals surface area contributed by atoms with E-state index in [1.54, 1.807) is 7.05 Å². The van der Waals surface area contributed by atoms with Crippen molar-refractivity contribution in [1.82, 2.24) is 15.6 Å². The van der Waals surface area contributed by atoms with Gasteiger partial charge in [-0.15, -0.1) is 24.0 Å². The first-order valence-corrected chi connectivity index (χ1v) is 8.30. The number of halogens is 1. The van der Waals surface area contributed by atoms with Crippen LogP contribution in [0, 0.1) is 0 Å². The summed E-state index contributed by atoms with van der Waals surface area (Å²) in [4.78, 5) is 8.63. The van der Waals surface area contributed by atoms with Crippen LogP contribution < -0.4 is 15.4 Å². The standard InChI is InChI=1S/C17H28N4O.HI/c1-4-13(2)21-17(18-3)20-12-14-9-10-16(19-11-14)22-15-7-5-6-8-15;/h9-11,13,15H,4-8,12H2,1-3H3,(H2,18,20,21);1H. The maximum atomic E-state index is 5.88. The summed E-state index contributed by atoms with van der Waals surface area (Å²) in [5.74, 6) is 1.55. The molecular formula is C17H29IN4O. The number of hydrogen-bond donors (Lipinski definition) is 2. The number of guanidine groups is 1. The first kappa shape index (κ1) is 20.0. The van der Waals surface area contributed by atoms with Crippen molar-refractivity contribution >= 4 is 29.9 Å². The second kappa shape index (κ2) is 10.7. The third kappa shape index (κ3) is 6.93. The summed E-state index contributed by atoms with van der Waals surface area (Å²) in [5.41, 5.74) is 1.12. The second-order valence-corrected chi connectivity index (χ2v) is 5.91. The van der Waals surface area contributed by atoms with E-state index in [0.29, 0.717) is 18.7 Å². The van der Waals surface area contributed by atoms with Gasteiger partial charge in [0.1, 0.15) is 6.10 Å².